The summed E-state index contributed by atoms with van der Waals surface area (Å²) in [5, 5.41) is 6.44. The normalized spacial score (nSPS) is 13.9. The third-order valence-electron chi connectivity index (χ3n) is 7.54. The molecule has 5 rings (SSSR count). The van der Waals surface area contributed by atoms with Crippen LogP contribution in [0.15, 0.2) is 95.9 Å². The quantitative estimate of drug-likeness (QED) is 0.230. The van der Waals surface area contributed by atoms with Crippen molar-refractivity contribution >= 4 is 41.3 Å². The van der Waals surface area contributed by atoms with Crippen LogP contribution in [0.3, 0.4) is 0 Å². The molecule has 2 heterocycles. The average Bonchev–Trinajstić information content (AvgIpc) is 3.02. The first-order valence-corrected chi connectivity index (χ1v) is 14.3. The largest absolute Gasteiger partial charge is 0.369 e. The second-order valence-electron chi connectivity index (χ2n) is 10.8. The summed E-state index contributed by atoms with van der Waals surface area (Å²) >= 11 is 0. The van der Waals surface area contributed by atoms with Gasteiger partial charge >= 0.3 is 0 Å². The topological polar surface area (TPSA) is 89.0 Å². The minimum absolute atomic E-state index is 0.203. The first-order chi connectivity index (χ1) is 20.8. The lowest BCUT2D eigenvalue weighted by Gasteiger charge is -2.34. The van der Waals surface area contributed by atoms with Gasteiger partial charge in [-0.2, -0.15) is 0 Å². The van der Waals surface area contributed by atoms with E-state index in [0.717, 1.165) is 71.4 Å². The number of anilines is 5. The Morgan fingerprint density at radius 1 is 1.02 bits per heavy atom. The second kappa shape index (κ2) is 13.3. The van der Waals surface area contributed by atoms with E-state index in [1.54, 1.807) is 6.20 Å². The fourth-order valence-electron chi connectivity index (χ4n) is 4.92. The van der Waals surface area contributed by atoms with Gasteiger partial charge in [0.05, 0.1) is 11.4 Å². The Morgan fingerprint density at radius 2 is 1.79 bits per heavy atom. The maximum absolute atomic E-state index is 13.6. The van der Waals surface area contributed by atoms with Gasteiger partial charge in [0.15, 0.2) is 0 Å². The zero-order chi connectivity index (χ0) is 30.3. The van der Waals surface area contributed by atoms with Crippen molar-refractivity contribution in [3.63, 3.8) is 0 Å². The number of aryl methyl sites for hydroxylation is 1. The van der Waals surface area contributed by atoms with Gasteiger partial charge in [0, 0.05) is 79.5 Å². The zero-order valence-corrected chi connectivity index (χ0v) is 25.2. The van der Waals surface area contributed by atoms with Gasteiger partial charge in [0.25, 0.3) is 5.91 Å². The maximum Gasteiger partial charge on any atom is 0.255 e. The van der Waals surface area contributed by atoms with Crippen LogP contribution in [0, 0.1) is 6.92 Å². The van der Waals surface area contributed by atoms with E-state index in [0.29, 0.717) is 11.5 Å². The number of piperazine rings is 1. The molecule has 2 N–H and O–H groups in total. The van der Waals surface area contributed by atoms with Crippen LogP contribution in [0.2, 0.25) is 0 Å². The number of benzene rings is 3. The van der Waals surface area contributed by atoms with Crippen molar-refractivity contribution in [3.8, 4) is 11.3 Å². The molecule has 1 aliphatic heterocycles. The van der Waals surface area contributed by atoms with Crippen LogP contribution in [0.25, 0.3) is 11.3 Å². The van der Waals surface area contributed by atoms with Crippen LogP contribution in [-0.4, -0.2) is 67.8 Å². The molecule has 0 radical (unpaired) electrons. The monoisotopic (exact) mass is 574 g/mol. The van der Waals surface area contributed by atoms with Crippen LogP contribution in [-0.2, 0) is 0 Å². The first kappa shape index (κ1) is 29.5. The minimum atomic E-state index is -0.203. The number of carbonyl (C=O) groups excluding carboxylic acids is 1. The molecular weight excluding hydrogens is 536 g/mol. The molecule has 9 nitrogen and oxygen atoms in total. The fourth-order valence-corrected chi connectivity index (χ4v) is 4.92. The Morgan fingerprint density at radius 3 is 2.53 bits per heavy atom. The van der Waals surface area contributed by atoms with Crippen molar-refractivity contribution in [1.82, 2.24) is 14.9 Å². The summed E-state index contributed by atoms with van der Waals surface area (Å²) in [6, 6.07) is 23.6. The lowest BCUT2D eigenvalue weighted by atomic mass is 10.1. The third-order valence-corrected chi connectivity index (χ3v) is 7.54. The molecule has 220 valence electrons. The number of amides is 1. The molecule has 4 aromatic rings. The molecule has 0 unspecified atom stereocenters. The molecule has 1 aliphatic rings. The minimum Gasteiger partial charge on any atom is -0.369 e. The highest BCUT2D eigenvalue weighted by Crippen LogP contribution is 2.30. The highest BCUT2D eigenvalue weighted by Gasteiger charge is 2.18. The first-order valence-electron chi connectivity index (χ1n) is 14.3. The van der Waals surface area contributed by atoms with Crippen molar-refractivity contribution in [2.24, 2.45) is 4.99 Å². The number of aromatic nitrogens is 2. The smallest absolute Gasteiger partial charge is 0.255 e. The molecule has 0 atom stereocenters. The number of allylic oxidation sites excluding steroid dienone is 1. The lowest BCUT2D eigenvalue weighted by molar-refractivity contribution is 0.102. The number of hydrogen-bond acceptors (Lipinski definition) is 8. The standard InChI is InChI=1S/C34H38N8O/c1-24-11-12-27(19-32(24)39-34-36-14-13-31(38-34)26-9-7-6-8-10-26)33(43)37-28-20-29(41(5)23-25(2)35-3)22-30(21-28)42-17-15-40(4)16-18-42/h6-14,19-23H,3,15-18H2,1-2,4-5H3,(H,37,43)(H,36,38,39)/b25-23-. The molecule has 43 heavy (non-hydrogen) atoms. The average molecular weight is 575 g/mol. The molecule has 1 saturated heterocycles. The number of nitrogens with one attached hydrogen (secondary N) is 2. The number of carbonyl (C=O) groups is 1. The summed E-state index contributed by atoms with van der Waals surface area (Å²) in [6.45, 7) is 11.3. The van der Waals surface area contributed by atoms with E-state index in [4.69, 9.17) is 0 Å². The van der Waals surface area contributed by atoms with Crippen LogP contribution < -0.4 is 20.4 Å². The predicted molar refractivity (Wildman–Crippen MR) is 178 cm³/mol. The van der Waals surface area contributed by atoms with Gasteiger partial charge in [-0.1, -0.05) is 36.4 Å². The number of aliphatic imine (C=N–C) groups is 1. The SMILES string of the molecule is C=N/C(C)=C\N(C)c1cc(NC(=O)c2ccc(C)c(Nc3nccc(-c4ccccc4)n3)c2)cc(N2CCN(C)CC2)c1. The van der Waals surface area contributed by atoms with Crippen molar-refractivity contribution in [3.05, 3.63) is 102 Å². The molecule has 1 aromatic heterocycles. The van der Waals surface area contributed by atoms with E-state index in [2.05, 4.69) is 55.2 Å². The van der Waals surface area contributed by atoms with E-state index in [-0.39, 0.29) is 5.91 Å². The molecule has 1 amide bonds. The van der Waals surface area contributed by atoms with Gasteiger partial charge in [-0.15, -0.1) is 0 Å². The van der Waals surface area contributed by atoms with E-state index >= 15 is 0 Å². The zero-order valence-electron chi connectivity index (χ0n) is 25.2. The van der Waals surface area contributed by atoms with Crippen LogP contribution in [0.4, 0.5) is 28.7 Å². The number of likely N-dealkylation sites (N-methyl/N-ethyl adjacent to an activating group) is 1. The van der Waals surface area contributed by atoms with Crippen LogP contribution in [0.5, 0.6) is 0 Å². The summed E-state index contributed by atoms with van der Waals surface area (Å²) in [6.07, 6.45) is 3.65. The molecule has 9 heteroatoms. The van der Waals surface area contributed by atoms with Gasteiger partial charge in [0.1, 0.15) is 0 Å². The maximum atomic E-state index is 13.6. The number of rotatable bonds is 9. The Kier molecular flexibility index (Phi) is 9.12. The molecule has 0 bridgehead atoms. The lowest BCUT2D eigenvalue weighted by Crippen LogP contribution is -2.44. The fraction of sp³-hybridized carbons (Fsp3) is 0.235. The molecule has 3 aromatic carbocycles. The molecule has 0 spiro atoms. The highest BCUT2D eigenvalue weighted by molar-refractivity contribution is 6.05. The molecule has 1 fully saturated rings. The summed E-state index contributed by atoms with van der Waals surface area (Å²) in [7, 11) is 4.11. The van der Waals surface area contributed by atoms with E-state index < -0.39 is 0 Å². The molecule has 0 saturated carbocycles. The van der Waals surface area contributed by atoms with Crippen molar-refractivity contribution < 1.29 is 4.79 Å². The Labute approximate surface area is 253 Å². The van der Waals surface area contributed by atoms with Crippen molar-refractivity contribution in [2.75, 3.05) is 60.7 Å². The van der Waals surface area contributed by atoms with Gasteiger partial charge in [-0.05, 0) is 69.6 Å². The Bertz CT molecular complexity index is 1630. The number of nitrogens with zero attached hydrogens (tertiary/aromatic N) is 6. The van der Waals surface area contributed by atoms with Crippen molar-refractivity contribution in [1.29, 1.82) is 0 Å². The van der Waals surface area contributed by atoms with Gasteiger partial charge in [-0.25, -0.2) is 9.97 Å². The summed E-state index contributed by atoms with van der Waals surface area (Å²) in [5.74, 6) is 0.262. The highest BCUT2D eigenvalue weighted by atomic mass is 16.1. The summed E-state index contributed by atoms with van der Waals surface area (Å²) in [5.41, 5.74) is 7.62. The predicted octanol–water partition coefficient (Wildman–Crippen LogP) is 6.20. The van der Waals surface area contributed by atoms with Gasteiger partial charge < -0.3 is 25.3 Å². The van der Waals surface area contributed by atoms with Crippen molar-refractivity contribution in [2.45, 2.75) is 13.8 Å². The second-order valence-corrected chi connectivity index (χ2v) is 10.8. The molecule has 0 aliphatic carbocycles. The van der Waals surface area contributed by atoms with E-state index in [1.165, 1.54) is 0 Å². The Hall–Kier alpha value is -5.02. The van der Waals surface area contributed by atoms with Gasteiger partial charge in [-0.3, -0.25) is 9.79 Å². The van der Waals surface area contributed by atoms with Crippen LogP contribution in [0.1, 0.15) is 22.8 Å². The van der Waals surface area contributed by atoms with Crippen LogP contribution >= 0.6 is 0 Å². The molecular formula is C34H38N8O. The number of hydrogen-bond donors (Lipinski definition) is 2. The Balaban J connectivity index is 1.39. The van der Waals surface area contributed by atoms with E-state index in [9.17, 15) is 4.79 Å². The summed E-state index contributed by atoms with van der Waals surface area (Å²) in [4.78, 5) is 33.3. The van der Waals surface area contributed by atoms with Gasteiger partial charge in [0.2, 0.25) is 5.95 Å². The summed E-state index contributed by atoms with van der Waals surface area (Å²) < 4.78 is 0. The van der Waals surface area contributed by atoms with E-state index in [1.807, 2.05) is 98.7 Å². The third kappa shape index (κ3) is 7.44.